The van der Waals surface area contributed by atoms with E-state index in [1.165, 1.54) is 17.8 Å². The third-order valence-corrected chi connectivity index (χ3v) is 4.75. The van der Waals surface area contributed by atoms with Crippen LogP contribution in [0, 0.1) is 6.92 Å². The van der Waals surface area contributed by atoms with Gasteiger partial charge in [-0.1, -0.05) is 13.3 Å². The van der Waals surface area contributed by atoms with E-state index in [0.717, 1.165) is 35.4 Å². The van der Waals surface area contributed by atoms with Gasteiger partial charge in [0.05, 0.1) is 16.8 Å². The lowest BCUT2D eigenvalue weighted by Gasteiger charge is -2.15. The first-order valence-electron chi connectivity index (χ1n) is 7.45. The number of hydrogen-bond donors (Lipinski definition) is 2. The van der Waals surface area contributed by atoms with Gasteiger partial charge in [0.15, 0.2) is 0 Å². The number of thioether (sulfide) groups is 1. The summed E-state index contributed by atoms with van der Waals surface area (Å²) in [7, 11) is 0. The fourth-order valence-electron chi connectivity index (χ4n) is 2.47. The number of carboxylic acid groups (broad SMARTS) is 2. The second kappa shape index (κ2) is 7.46. The minimum Gasteiger partial charge on any atom is -0.481 e. The van der Waals surface area contributed by atoms with Crippen molar-refractivity contribution < 1.29 is 19.8 Å². The quantitative estimate of drug-likeness (QED) is 0.750. The molecule has 122 valence electrons. The van der Waals surface area contributed by atoms with Gasteiger partial charge in [-0.3, -0.25) is 9.78 Å². The van der Waals surface area contributed by atoms with Gasteiger partial charge in [-0.15, -0.1) is 11.8 Å². The average molecular weight is 333 g/mol. The maximum atomic E-state index is 11.2. The molecule has 5 nitrogen and oxygen atoms in total. The van der Waals surface area contributed by atoms with Gasteiger partial charge in [0.25, 0.3) is 0 Å². The molecule has 0 fully saturated rings. The lowest BCUT2D eigenvalue weighted by atomic mass is 10.0. The Hall–Kier alpha value is -2.08. The summed E-state index contributed by atoms with van der Waals surface area (Å²) in [4.78, 5) is 27.6. The van der Waals surface area contributed by atoms with Crippen molar-refractivity contribution in [3.05, 3.63) is 35.0 Å². The van der Waals surface area contributed by atoms with E-state index < -0.39 is 11.9 Å². The number of carboxylic acids is 2. The highest BCUT2D eigenvalue weighted by Crippen LogP contribution is 2.34. The first kappa shape index (κ1) is 17.3. The van der Waals surface area contributed by atoms with Gasteiger partial charge >= 0.3 is 11.9 Å². The molecule has 0 atom stereocenters. The maximum Gasteiger partial charge on any atom is 0.335 e. The highest BCUT2D eigenvalue weighted by Gasteiger charge is 2.16. The van der Waals surface area contributed by atoms with Crippen molar-refractivity contribution in [3.8, 4) is 0 Å². The molecule has 0 saturated heterocycles. The van der Waals surface area contributed by atoms with Crippen LogP contribution in [0.15, 0.2) is 23.1 Å². The third-order valence-electron chi connectivity index (χ3n) is 3.61. The molecule has 0 aliphatic rings. The number of aryl methyl sites for hydroxylation is 1. The number of benzene rings is 1. The SMILES string of the molecule is CCCCc1c(C)nc2ccc(C(=O)O)cc2c1SCC(=O)O. The molecule has 0 radical (unpaired) electrons. The molecule has 0 unspecified atom stereocenters. The van der Waals surface area contributed by atoms with Crippen molar-refractivity contribution in [2.24, 2.45) is 0 Å². The van der Waals surface area contributed by atoms with Crippen molar-refractivity contribution in [2.45, 2.75) is 38.0 Å². The fourth-order valence-corrected chi connectivity index (χ4v) is 3.48. The van der Waals surface area contributed by atoms with Crippen LogP contribution in [0.2, 0.25) is 0 Å². The zero-order valence-electron chi connectivity index (χ0n) is 13.1. The first-order chi connectivity index (χ1) is 10.9. The Balaban J connectivity index is 2.64. The van der Waals surface area contributed by atoms with E-state index in [-0.39, 0.29) is 11.3 Å². The summed E-state index contributed by atoms with van der Waals surface area (Å²) in [6.07, 6.45) is 2.81. The van der Waals surface area contributed by atoms with Crippen LogP contribution >= 0.6 is 11.8 Å². The Labute approximate surface area is 138 Å². The highest BCUT2D eigenvalue weighted by atomic mass is 32.2. The zero-order valence-corrected chi connectivity index (χ0v) is 13.9. The van der Waals surface area contributed by atoms with Crippen LogP contribution in [0.5, 0.6) is 0 Å². The third kappa shape index (κ3) is 4.01. The number of unbranched alkanes of at least 4 members (excludes halogenated alkanes) is 1. The normalized spacial score (nSPS) is 10.9. The molecule has 2 aromatic rings. The smallest absolute Gasteiger partial charge is 0.335 e. The summed E-state index contributed by atoms with van der Waals surface area (Å²) in [5.74, 6) is -1.96. The van der Waals surface area contributed by atoms with Crippen LogP contribution in [0.4, 0.5) is 0 Å². The molecule has 1 aromatic heterocycles. The van der Waals surface area contributed by atoms with Gasteiger partial charge in [-0.2, -0.15) is 0 Å². The lowest BCUT2D eigenvalue weighted by molar-refractivity contribution is -0.133. The molecule has 23 heavy (non-hydrogen) atoms. The topological polar surface area (TPSA) is 87.5 Å². The summed E-state index contributed by atoms with van der Waals surface area (Å²) >= 11 is 1.24. The van der Waals surface area contributed by atoms with E-state index in [0.29, 0.717) is 10.9 Å². The number of aromatic carboxylic acids is 1. The summed E-state index contributed by atoms with van der Waals surface area (Å²) in [6, 6.07) is 4.79. The number of hydrogen-bond acceptors (Lipinski definition) is 4. The van der Waals surface area contributed by atoms with E-state index in [9.17, 15) is 14.7 Å². The molecule has 0 aliphatic carbocycles. The molecular weight excluding hydrogens is 314 g/mol. The molecule has 1 aromatic carbocycles. The summed E-state index contributed by atoms with van der Waals surface area (Å²) in [5.41, 5.74) is 2.78. The van der Waals surface area contributed by atoms with E-state index in [4.69, 9.17) is 5.11 Å². The van der Waals surface area contributed by atoms with Crippen molar-refractivity contribution in [1.29, 1.82) is 0 Å². The number of carbonyl (C=O) groups is 2. The molecular formula is C17H19NO4S. The number of nitrogens with zero attached hydrogens (tertiary/aromatic N) is 1. The monoisotopic (exact) mass is 333 g/mol. The Morgan fingerprint density at radius 3 is 2.61 bits per heavy atom. The molecule has 0 aliphatic heterocycles. The molecule has 0 saturated carbocycles. The molecule has 6 heteroatoms. The predicted octanol–water partition coefficient (Wildman–Crippen LogP) is 3.76. The molecule has 1 heterocycles. The molecule has 2 N–H and O–H groups in total. The van der Waals surface area contributed by atoms with Crippen molar-refractivity contribution in [3.63, 3.8) is 0 Å². The Bertz CT molecular complexity index is 758. The van der Waals surface area contributed by atoms with Gasteiger partial charge in [-0.25, -0.2) is 4.79 Å². The van der Waals surface area contributed by atoms with E-state index in [2.05, 4.69) is 11.9 Å². The highest BCUT2D eigenvalue weighted by molar-refractivity contribution is 8.00. The zero-order chi connectivity index (χ0) is 17.0. The Morgan fingerprint density at radius 1 is 1.26 bits per heavy atom. The van der Waals surface area contributed by atoms with E-state index in [1.807, 2.05) is 6.92 Å². The van der Waals surface area contributed by atoms with E-state index >= 15 is 0 Å². The molecule has 0 bridgehead atoms. The van der Waals surface area contributed by atoms with Crippen molar-refractivity contribution in [2.75, 3.05) is 5.75 Å². The largest absolute Gasteiger partial charge is 0.481 e. The Morgan fingerprint density at radius 2 is 2.00 bits per heavy atom. The minimum absolute atomic E-state index is 0.0605. The second-order valence-corrected chi connectivity index (χ2v) is 6.31. The Kier molecular flexibility index (Phi) is 5.60. The molecule has 2 rings (SSSR count). The van der Waals surface area contributed by atoms with E-state index in [1.54, 1.807) is 12.1 Å². The minimum atomic E-state index is -1.00. The number of pyridine rings is 1. The van der Waals surface area contributed by atoms with Gasteiger partial charge in [-0.05, 0) is 43.5 Å². The van der Waals surface area contributed by atoms with Crippen LogP contribution in [-0.4, -0.2) is 32.9 Å². The number of aliphatic carboxylic acids is 1. The number of aromatic nitrogens is 1. The van der Waals surface area contributed by atoms with Gasteiger partial charge in [0.2, 0.25) is 0 Å². The van der Waals surface area contributed by atoms with Gasteiger partial charge < -0.3 is 10.2 Å². The molecule has 0 spiro atoms. The van der Waals surface area contributed by atoms with Crippen molar-refractivity contribution >= 4 is 34.6 Å². The number of rotatable bonds is 7. The predicted molar refractivity (Wildman–Crippen MR) is 90.4 cm³/mol. The second-order valence-electron chi connectivity index (χ2n) is 5.33. The van der Waals surface area contributed by atoms with Crippen LogP contribution in [0.25, 0.3) is 10.9 Å². The summed E-state index contributed by atoms with van der Waals surface area (Å²) < 4.78 is 0. The fraction of sp³-hybridized carbons (Fsp3) is 0.353. The van der Waals surface area contributed by atoms with Gasteiger partial charge in [0, 0.05) is 16.0 Å². The van der Waals surface area contributed by atoms with Crippen molar-refractivity contribution in [1.82, 2.24) is 4.98 Å². The van der Waals surface area contributed by atoms with Crippen LogP contribution in [0.1, 0.15) is 41.4 Å². The van der Waals surface area contributed by atoms with Crippen LogP contribution in [0.3, 0.4) is 0 Å². The van der Waals surface area contributed by atoms with Crippen LogP contribution in [-0.2, 0) is 11.2 Å². The summed E-state index contributed by atoms with van der Waals surface area (Å²) in [6.45, 7) is 4.01. The molecule has 0 amide bonds. The van der Waals surface area contributed by atoms with Gasteiger partial charge in [0.1, 0.15) is 0 Å². The van der Waals surface area contributed by atoms with Crippen LogP contribution < -0.4 is 0 Å². The average Bonchev–Trinajstić information content (AvgIpc) is 2.50. The standard InChI is InChI=1S/C17H19NO4S/c1-3-4-5-12-10(2)18-14-7-6-11(17(21)22)8-13(14)16(12)23-9-15(19)20/h6-8H,3-5,9H2,1-2H3,(H,19,20)(H,21,22). The lowest BCUT2D eigenvalue weighted by Crippen LogP contribution is -2.04. The maximum absolute atomic E-state index is 11.2. The first-order valence-corrected chi connectivity index (χ1v) is 8.43. The summed E-state index contributed by atoms with van der Waals surface area (Å²) in [5, 5.41) is 18.9. The number of fused-ring (bicyclic) bond motifs is 1.